The van der Waals surface area contributed by atoms with E-state index in [0.717, 1.165) is 5.56 Å². The van der Waals surface area contributed by atoms with Crippen molar-refractivity contribution in [1.29, 1.82) is 0 Å². The number of benzene rings is 1. The van der Waals surface area contributed by atoms with E-state index in [0.29, 0.717) is 24.7 Å². The molecule has 1 aliphatic heterocycles. The second kappa shape index (κ2) is 8.29. The van der Waals surface area contributed by atoms with Gasteiger partial charge in [-0.3, -0.25) is 14.5 Å². The van der Waals surface area contributed by atoms with E-state index in [1.165, 1.54) is 7.11 Å². The van der Waals surface area contributed by atoms with E-state index in [-0.39, 0.29) is 24.6 Å². The Balaban J connectivity index is 1.94. The molecule has 6 nitrogen and oxygen atoms in total. The Morgan fingerprint density at radius 1 is 1.52 bits per heavy atom. The van der Waals surface area contributed by atoms with Crippen LogP contribution >= 0.6 is 11.6 Å². The fourth-order valence-electron chi connectivity index (χ4n) is 2.47. The molecule has 1 aromatic rings. The van der Waals surface area contributed by atoms with Crippen molar-refractivity contribution < 1.29 is 19.1 Å². The molecule has 126 valence electrons. The monoisotopic (exact) mass is 340 g/mol. The second-order valence-electron chi connectivity index (χ2n) is 5.38. The van der Waals surface area contributed by atoms with Gasteiger partial charge in [0, 0.05) is 18.1 Å². The molecule has 1 aliphatic rings. The van der Waals surface area contributed by atoms with Crippen molar-refractivity contribution in [3.63, 3.8) is 0 Å². The molecule has 2 atom stereocenters. The van der Waals surface area contributed by atoms with Crippen LogP contribution in [0.4, 0.5) is 0 Å². The fourth-order valence-corrected chi connectivity index (χ4v) is 2.67. The van der Waals surface area contributed by atoms with Gasteiger partial charge in [-0.2, -0.15) is 0 Å². The number of hydrogen-bond acceptors (Lipinski definition) is 5. The average Bonchev–Trinajstić information content (AvgIpc) is 2.58. The molecular formula is C16H21ClN2O4. The predicted octanol–water partition coefficient (Wildman–Crippen LogP) is 1.39. The normalized spacial score (nSPS) is 19.9. The smallest absolute Gasteiger partial charge is 0.325 e. The molecule has 23 heavy (non-hydrogen) atoms. The van der Waals surface area contributed by atoms with Gasteiger partial charge in [0.1, 0.15) is 6.54 Å². The van der Waals surface area contributed by atoms with E-state index in [1.807, 2.05) is 36.1 Å². The minimum absolute atomic E-state index is 0.123. The van der Waals surface area contributed by atoms with E-state index in [2.05, 4.69) is 10.1 Å². The second-order valence-corrected chi connectivity index (χ2v) is 5.82. The minimum Gasteiger partial charge on any atom is -0.468 e. The molecule has 0 bridgehead atoms. The molecule has 1 saturated heterocycles. The third kappa shape index (κ3) is 4.92. The summed E-state index contributed by atoms with van der Waals surface area (Å²) in [5.74, 6) is -0.675. The molecule has 0 spiro atoms. The molecule has 0 unspecified atom stereocenters. The quantitative estimate of drug-likeness (QED) is 0.820. The van der Waals surface area contributed by atoms with Crippen molar-refractivity contribution in [2.45, 2.75) is 19.1 Å². The number of morpholine rings is 1. The number of halogens is 1. The van der Waals surface area contributed by atoms with Gasteiger partial charge in [-0.25, -0.2) is 0 Å². The number of amides is 1. The van der Waals surface area contributed by atoms with Gasteiger partial charge in [0.05, 0.1) is 25.9 Å². The predicted molar refractivity (Wildman–Crippen MR) is 86.2 cm³/mol. The van der Waals surface area contributed by atoms with E-state index in [9.17, 15) is 9.59 Å². The average molecular weight is 341 g/mol. The zero-order valence-electron chi connectivity index (χ0n) is 13.3. The standard InChI is InChI=1S/C16H21ClN2O4/c1-11(16(21)18-9-15(20)22-2)19-6-7-23-14(10-19)12-4-3-5-13(17)8-12/h3-5,8,11,14H,6-7,9-10H2,1-2H3,(H,18,21)/t11-,14+/m1/s1. The summed E-state index contributed by atoms with van der Waals surface area (Å²) in [6.07, 6.45) is -0.127. The van der Waals surface area contributed by atoms with Crippen molar-refractivity contribution in [1.82, 2.24) is 10.2 Å². The molecule has 2 rings (SSSR count). The highest BCUT2D eigenvalue weighted by Crippen LogP contribution is 2.25. The highest BCUT2D eigenvalue weighted by atomic mass is 35.5. The maximum absolute atomic E-state index is 12.1. The van der Waals surface area contributed by atoms with Crippen molar-refractivity contribution >= 4 is 23.5 Å². The molecule has 0 saturated carbocycles. The summed E-state index contributed by atoms with van der Waals surface area (Å²) in [6.45, 7) is 3.47. The number of ether oxygens (including phenoxy) is 2. The topological polar surface area (TPSA) is 67.9 Å². The Hall–Kier alpha value is -1.63. The summed E-state index contributed by atoms with van der Waals surface area (Å²) in [5, 5.41) is 3.24. The maximum Gasteiger partial charge on any atom is 0.325 e. The molecular weight excluding hydrogens is 320 g/mol. The van der Waals surface area contributed by atoms with E-state index < -0.39 is 5.97 Å². The molecule has 7 heteroatoms. The maximum atomic E-state index is 12.1. The summed E-state index contributed by atoms with van der Waals surface area (Å²) in [7, 11) is 1.29. The van der Waals surface area contributed by atoms with Crippen molar-refractivity contribution in [3.8, 4) is 0 Å². The molecule has 0 aromatic heterocycles. The van der Waals surface area contributed by atoms with Crippen molar-refractivity contribution in [2.75, 3.05) is 33.4 Å². The van der Waals surface area contributed by atoms with Gasteiger partial charge in [-0.1, -0.05) is 23.7 Å². The Kier molecular flexibility index (Phi) is 6.38. The summed E-state index contributed by atoms with van der Waals surface area (Å²) in [5.41, 5.74) is 0.990. The summed E-state index contributed by atoms with van der Waals surface area (Å²) in [6, 6.07) is 7.17. The number of nitrogens with one attached hydrogen (secondary N) is 1. The van der Waals surface area contributed by atoms with Crippen LogP contribution in [0.3, 0.4) is 0 Å². The van der Waals surface area contributed by atoms with Crippen molar-refractivity contribution in [2.24, 2.45) is 0 Å². The van der Waals surface area contributed by atoms with Crippen LogP contribution in [0.1, 0.15) is 18.6 Å². The highest BCUT2D eigenvalue weighted by molar-refractivity contribution is 6.30. The first-order valence-corrected chi connectivity index (χ1v) is 7.84. The Bertz CT molecular complexity index is 567. The van der Waals surface area contributed by atoms with Crippen LogP contribution in [-0.2, 0) is 19.1 Å². The Labute approximate surface area is 140 Å². The van der Waals surface area contributed by atoms with Crippen LogP contribution in [-0.4, -0.2) is 56.2 Å². The number of carbonyl (C=O) groups is 2. The third-order valence-corrected chi connectivity index (χ3v) is 4.12. The number of nitrogens with zero attached hydrogens (tertiary/aromatic N) is 1. The van der Waals surface area contributed by atoms with Crippen LogP contribution in [0.2, 0.25) is 5.02 Å². The molecule has 1 amide bonds. The molecule has 0 radical (unpaired) electrons. The van der Waals surface area contributed by atoms with Crippen LogP contribution in [0.15, 0.2) is 24.3 Å². The van der Waals surface area contributed by atoms with Crippen LogP contribution < -0.4 is 5.32 Å². The number of rotatable bonds is 5. The Morgan fingerprint density at radius 2 is 2.30 bits per heavy atom. The molecule has 1 heterocycles. The lowest BCUT2D eigenvalue weighted by Gasteiger charge is -2.36. The third-order valence-electron chi connectivity index (χ3n) is 3.88. The number of hydrogen-bond donors (Lipinski definition) is 1. The Morgan fingerprint density at radius 3 is 3.00 bits per heavy atom. The number of methoxy groups -OCH3 is 1. The lowest BCUT2D eigenvalue weighted by Crippen LogP contribution is -2.51. The highest BCUT2D eigenvalue weighted by Gasteiger charge is 2.28. The molecule has 1 N–H and O–H groups in total. The van der Waals surface area contributed by atoms with E-state index in [4.69, 9.17) is 16.3 Å². The molecule has 0 aliphatic carbocycles. The van der Waals surface area contributed by atoms with Crippen molar-refractivity contribution in [3.05, 3.63) is 34.9 Å². The van der Waals surface area contributed by atoms with Gasteiger partial charge >= 0.3 is 5.97 Å². The summed E-state index contributed by atoms with van der Waals surface area (Å²) < 4.78 is 10.3. The van der Waals surface area contributed by atoms with E-state index in [1.54, 1.807) is 0 Å². The fraction of sp³-hybridized carbons (Fsp3) is 0.500. The first kappa shape index (κ1) is 17.7. The zero-order valence-corrected chi connectivity index (χ0v) is 14.0. The first-order valence-electron chi connectivity index (χ1n) is 7.47. The number of esters is 1. The van der Waals surface area contributed by atoms with Gasteiger partial charge in [0.2, 0.25) is 5.91 Å². The van der Waals surface area contributed by atoms with Gasteiger partial charge in [-0.15, -0.1) is 0 Å². The first-order chi connectivity index (χ1) is 11.0. The minimum atomic E-state index is -0.468. The molecule has 1 aromatic carbocycles. The van der Waals surface area contributed by atoms with Gasteiger partial charge in [-0.05, 0) is 24.6 Å². The lowest BCUT2D eigenvalue weighted by atomic mass is 10.1. The van der Waals surface area contributed by atoms with Crippen LogP contribution in [0, 0.1) is 0 Å². The zero-order chi connectivity index (χ0) is 16.8. The summed E-state index contributed by atoms with van der Waals surface area (Å²) in [4.78, 5) is 25.3. The van der Waals surface area contributed by atoms with Gasteiger partial charge in [0.15, 0.2) is 0 Å². The summed E-state index contributed by atoms with van der Waals surface area (Å²) >= 11 is 6.02. The van der Waals surface area contributed by atoms with Crippen LogP contribution in [0.5, 0.6) is 0 Å². The SMILES string of the molecule is COC(=O)CNC(=O)[C@@H](C)N1CCO[C@H](c2cccc(Cl)c2)C1. The van der Waals surface area contributed by atoms with E-state index >= 15 is 0 Å². The van der Waals surface area contributed by atoms with Gasteiger partial charge < -0.3 is 14.8 Å². The lowest BCUT2D eigenvalue weighted by molar-refractivity contribution is -0.142. The number of carbonyl (C=O) groups excluding carboxylic acids is 2. The largest absolute Gasteiger partial charge is 0.468 e. The van der Waals surface area contributed by atoms with Crippen LogP contribution in [0.25, 0.3) is 0 Å². The van der Waals surface area contributed by atoms with Gasteiger partial charge in [0.25, 0.3) is 0 Å². The molecule has 1 fully saturated rings.